The third kappa shape index (κ3) is 5.02. The number of aryl methyl sites for hydroxylation is 2. The molecule has 3 rings (SSSR count). The Bertz CT molecular complexity index is 1060. The first-order valence-corrected chi connectivity index (χ1v) is 10.9. The van der Waals surface area contributed by atoms with Crippen LogP contribution in [0.25, 0.3) is 5.65 Å². The first-order chi connectivity index (χ1) is 14.2. The van der Waals surface area contributed by atoms with Gasteiger partial charge < -0.3 is 15.8 Å². The third-order valence-corrected chi connectivity index (χ3v) is 5.80. The van der Waals surface area contributed by atoms with Crippen LogP contribution in [0.15, 0.2) is 41.0 Å². The number of halogens is 1. The summed E-state index contributed by atoms with van der Waals surface area (Å²) in [5, 5.41) is 2.98. The number of nitrogens with zero attached hydrogens (tertiary/aromatic N) is 2. The van der Waals surface area contributed by atoms with Gasteiger partial charge in [-0.2, -0.15) is 0 Å². The van der Waals surface area contributed by atoms with Gasteiger partial charge in [0.05, 0.1) is 5.69 Å². The molecule has 0 aliphatic rings. The molecule has 1 amide bonds. The van der Waals surface area contributed by atoms with Gasteiger partial charge in [0.15, 0.2) is 11.4 Å². The quantitative estimate of drug-likeness (QED) is 0.504. The zero-order valence-corrected chi connectivity index (χ0v) is 19.5. The highest BCUT2D eigenvalue weighted by molar-refractivity contribution is 9.10. The number of hydrogen-bond acceptors (Lipinski definition) is 4. The predicted molar refractivity (Wildman–Crippen MR) is 123 cm³/mol. The van der Waals surface area contributed by atoms with Crippen LogP contribution in [-0.4, -0.2) is 27.4 Å². The van der Waals surface area contributed by atoms with Crippen molar-refractivity contribution in [3.63, 3.8) is 0 Å². The molecule has 1 aromatic carbocycles. The second kappa shape index (κ2) is 9.18. The van der Waals surface area contributed by atoms with Gasteiger partial charge in [-0.1, -0.05) is 47.5 Å². The molecular formula is C23H29BrN4O2. The number of nitrogens with one attached hydrogen (secondary N) is 1. The van der Waals surface area contributed by atoms with Gasteiger partial charge in [-0.05, 0) is 44.9 Å². The minimum atomic E-state index is -0.438. The van der Waals surface area contributed by atoms with Crippen LogP contribution in [0.3, 0.4) is 0 Å². The molecule has 0 radical (unpaired) electrons. The van der Waals surface area contributed by atoms with E-state index in [0.717, 1.165) is 28.4 Å². The van der Waals surface area contributed by atoms with E-state index >= 15 is 0 Å². The highest BCUT2D eigenvalue weighted by Gasteiger charge is 2.23. The number of rotatable bonds is 8. The second-order valence-electron chi connectivity index (χ2n) is 8.09. The molecule has 0 spiro atoms. The lowest BCUT2D eigenvalue weighted by atomic mass is 9.98. The van der Waals surface area contributed by atoms with Crippen molar-refractivity contribution in [3.8, 4) is 5.75 Å². The van der Waals surface area contributed by atoms with Crippen LogP contribution in [0.2, 0.25) is 0 Å². The number of aromatic nitrogens is 2. The van der Waals surface area contributed by atoms with Crippen molar-refractivity contribution in [3.05, 3.63) is 63.5 Å². The molecule has 0 bridgehead atoms. The van der Waals surface area contributed by atoms with Crippen LogP contribution in [0.1, 0.15) is 54.0 Å². The van der Waals surface area contributed by atoms with E-state index < -0.39 is 5.54 Å². The summed E-state index contributed by atoms with van der Waals surface area (Å²) in [6, 6.07) is 9.87. The molecule has 3 N–H and O–H groups in total. The SMILES string of the molecule is CCCC(C)(N)CNC(=O)c1c(C)nc2c(OCc3ccccc3Br)cc(C)cn12. The lowest BCUT2D eigenvalue weighted by molar-refractivity contribution is 0.0937. The molecule has 7 heteroatoms. The summed E-state index contributed by atoms with van der Waals surface area (Å²) in [5.74, 6) is 0.456. The fourth-order valence-corrected chi connectivity index (χ4v) is 3.93. The maximum atomic E-state index is 13.0. The summed E-state index contributed by atoms with van der Waals surface area (Å²) in [4.78, 5) is 17.6. The standard InChI is InChI=1S/C23H29BrN4O2/c1-5-10-23(4,25)14-26-22(29)20-16(3)27-21-19(11-15(2)12-28(20)21)30-13-17-8-6-7-9-18(17)24/h6-9,11-12H,5,10,13-14,25H2,1-4H3,(H,26,29). The molecule has 2 aromatic heterocycles. The number of imidazole rings is 1. The average molecular weight is 473 g/mol. The first kappa shape index (κ1) is 22.3. The summed E-state index contributed by atoms with van der Waals surface area (Å²) in [7, 11) is 0. The van der Waals surface area contributed by atoms with Gasteiger partial charge in [-0.25, -0.2) is 4.98 Å². The van der Waals surface area contributed by atoms with Crippen molar-refractivity contribution in [1.82, 2.24) is 14.7 Å². The van der Waals surface area contributed by atoms with Crippen molar-refractivity contribution in [2.75, 3.05) is 6.54 Å². The Morgan fingerprint density at radius 2 is 2.07 bits per heavy atom. The molecule has 1 atom stereocenters. The van der Waals surface area contributed by atoms with E-state index in [9.17, 15) is 4.79 Å². The number of nitrogens with two attached hydrogens (primary N) is 1. The number of fused-ring (bicyclic) bond motifs is 1. The maximum Gasteiger partial charge on any atom is 0.270 e. The minimum Gasteiger partial charge on any atom is -0.485 e. The lowest BCUT2D eigenvalue weighted by Crippen LogP contribution is -2.47. The fraction of sp³-hybridized carbons (Fsp3) is 0.391. The van der Waals surface area contributed by atoms with E-state index in [1.54, 1.807) is 0 Å². The van der Waals surface area contributed by atoms with E-state index in [-0.39, 0.29) is 5.91 Å². The van der Waals surface area contributed by atoms with Crippen molar-refractivity contribution >= 4 is 27.5 Å². The normalized spacial score (nSPS) is 13.3. The van der Waals surface area contributed by atoms with Gasteiger partial charge in [-0.3, -0.25) is 9.20 Å². The molecule has 0 aliphatic heterocycles. The van der Waals surface area contributed by atoms with Gasteiger partial charge in [0.2, 0.25) is 0 Å². The highest BCUT2D eigenvalue weighted by Crippen LogP contribution is 2.26. The van der Waals surface area contributed by atoms with Crippen LogP contribution in [0, 0.1) is 13.8 Å². The van der Waals surface area contributed by atoms with E-state index in [0.29, 0.717) is 35.9 Å². The summed E-state index contributed by atoms with van der Waals surface area (Å²) in [6.45, 7) is 8.65. The number of carbonyl (C=O) groups excluding carboxylic acids is 1. The third-order valence-electron chi connectivity index (χ3n) is 5.03. The summed E-state index contributed by atoms with van der Waals surface area (Å²) < 4.78 is 8.90. The molecule has 0 saturated heterocycles. The van der Waals surface area contributed by atoms with E-state index in [2.05, 4.69) is 33.2 Å². The largest absolute Gasteiger partial charge is 0.485 e. The van der Waals surface area contributed by atoms with Crippen LogP contribution in [-0.2, 0) is 6.61 Å². The van der Waals surface area contributed by atoms with E-state index in [4.69, 9.17) is 10.5 Å². The number of benzene rings is 1. The molecule has 3 aromatic rings. The van der Waals surface area contributed by atoms with Crippen LogP contribution in [0.4, 0.5) is 0 Å². The summed E-state index contributed by atoms with van der Waals surface area (Å²) in [6.07, 6.45) is 3.71. The zero-order valence-electron chi connectivity index (χ0n) is 18.0. The van der Waals surface area contributed by atoms with Crippen LogP contribution in [0.5, 0.6) is 5.75 Å². The molecule has 0 saturated carbocycles. The van der Waals surface area contributed by atoms with Crippen molar-refractivity contribution in [2.24, 2.45) is 5.73 Å². The van der Waals surface area contributed by atoms with Crippen molar-refractivity contribution in [2.45, 2.75) is 52.7 Å². The number of carbonyl (C=O) groups is 1. The Balaban J connectivity index is 1.88. The summed E-state index contributed by atoms with van der Waals surface area (Å²) >= 11 is 3.55. The van der Waals surface area contributed by atoms with E-state index in [1.807, 2.05) is 61.7 Å². The molecule has 0 fully saturated rings. The Morgan fingerprint density at radius 3 is 2.77 bits per heavy atom. The van der Waals surface area contributed by atoms with Gasteiger partial charge in [-0.15, -0.1) is 0 Å². The van der Waals surface area contributed by atoms with Gasteiger partial charge >= 0.3 is 0 Å². The predicted octanol–water partition coefficient (Wildman–Crippen LogP) is 4.54. The molecule has 2 heterocycles. The Labute approximate surface area is 186 Å². The van der Waals surface area contributed by atoms with Gasteiger partial charge in [0.1, 0.15) is 12.3 Å². The topological polar surface area (TPSA) is 81.6 Å². The van der Waals surface area contributed by atoms with Crippen LogP contribution < -0.4 is 15.8 Å². The lowest BCUT2D eigenvalue weighted by Gasteiger charge is -2.24. The minimum absolute atomic E-state index is 0.185. The molecular weight excluding hydrogens is 444 g/mol. The number of pyridine rings is 1. The fourth-order valence-electron chi connectivity index (χ4n) is 3.53. The maximum absolute atomic E-state index is 13.0. The molecule has 0 aliphatic carbocycles. The smallest absolute Gasteiger partial charge is 0.270 e. The van der Waals surface area contributed by atoms with Gasteiger partial charge in [0, 0.05) is 28.3 Å². The van der Waals surface area contributed by atoms with Crippen LogP contribution >= 0.6 is 15.9 Å². The molecule has 30 heavy (non-hydrogen) atoms. The van der Waals surface area contributed by atoms with Gasteiger partial charge in [0.25, 0.3) is 5.91 Å². The Morgan fingerprint density at radius 1 is 1.33 bits per heavy atom. The van der Waals surface area contributed by atoms with Crippen molar-refractivity contribution in [1.29, 1.82) is 0 Å². The molecule has 1 unspecified atom stereocenters. The number of amides is 1. The highest BCUT2D eigenvalue weighted by atomic mass is 79.9. The number of ether oxygens (including phenoxy) is 1. The van der Waals surface area contributed by atoms with Crippen molar-refractivity contribution < 1.29 is 9.53 Å². The molecule has 160 valence electrons. The summed E-state index contributed by atoms with van der Waals surface area (Å²) in [5.41, 5.74) is 9.63. The molecule has 6 nitrogen and oxygen atoms in total. The zero-order chi connectivity index (χ0) is 21.9. The Hall–Kier alpha value is -2.38. The average Bonchev–Trinajstić information content (AvgIpc) is 3.01. The van der Waals surface area contributed by atoms with E-state index in [1.165, 1.54) is 0 Å². The number of hydrogen-bond donors (Lipinski definition) is 2. The monoisotopic (exact) mass is 472 g/mol. The Kier molecular flexibility index (Phi) is 6.83. The first-order valence-electron chi connectivity index (χ1n) is 10.1. The second-order valence-corrected chi connectivity index (χ2v) is 8.94.